The van der Waals surface area contributed by atoms with Crippen molar-refractivity contribution < 1.29 is 4.79 Å². The Hall–Kier alpha value is -0.930. The van der Waals surface area contributed by atoms with Crippen LogP contribution in [0.1, 0.15) is 32.1 Å². The Morgan fingerprint density at radius 1 is 1.21 bits per heavy atom. The Morgan fingerprint density at radius 3 is 2.68 bits per heavy atom. The van der Waals surface area contributed by atoms with Crippen LogP contribution in [0.2, 0.25) is 10.0 Å². The third-order valence-corrected chi connectivity index (χ3v) is 4.18. The summed E-state index contributed by atoms with van der Waals surface area (Å²) in [7, 11) is 0. The lowest BCUT2D eigenvalue weighted by Crippen LogP contribution is -2.39. The number of hydrogen-bond donors (Lipinski definition) is 2. The molecule has 0 heterocycles. The van der Waals surface area contributed by atoms with Gasteiger partial charge in [-0.05, 0) is 25.0 Å². The van der Waals surface area contributed by atoms with Crippen molar-refractivity contribution in [1.82, 2.24) is 5.32 Å². The lowest BCUT2D eigenvalue weighted by atomic mass is 9.95. The third kappa shape index (κ3) is 4.29. The molecule has 0 unspecified atom stereocenters. The summed E-state index contributed by atoms with van der Waals surface area (Å²) in [6.45, 7) is 0.219. The summed E-state index contributed by atoms with van der Waals surface area (Å²) < 4.78 is 0. The molecule has 3 nitrogen and oxygen atoms in total. The van der Waals surface area contributed by atoms with E-state index in [0.29, 0.717) is 21.8 Å². The summed E-state index contributed by atoms with van der Waals surface area (Å²) in [6.07, 6.45) is 5.87. The Labute approximate surface area is 123 Å². The average Bonchev–Trinajstić information content (AvgIpc) is 2.42. The SMILES string of the molecule is O=C(CNc1cccc(Cl)c1Cl)NC1CCCCC1. The van der Waals surface area contributed by atoms with Gasteiger partial charge in [0, 0.05) is 6.04 Å². The number of benzene rings is 1. The molecule has 1 aromatic carbocycles. The number of anilines is 1. The van der Waals surface area contributed by atoms with E-state index in [-0.39, 0.29) is 12.5 Å². The highest BCUT2D eigenvalue weighted by Gasteiger charge is 2.15. The van der Waals surface area contributed by atoms with Crippen LogP contribution in [-0.4, -0.2) is 18.5 Å². The van der Waals surface area contributed by atoms with Crippen LogP contribution in [0.25, 0.3) is 0 Å². The number of amides is 1. The van der Waals surface area contributed by atoms with Crippen LogP contribution in [0.5, 0.6) is 0 Å². The predicted molar refractivity (Wildman–Crippen MR) is 80.0 cm³/mol. The summed E-state index contributed by atoms with van der Waals surface area (Å²) in [5.74, 6) is 0.00272. The van der Waals surface area contributed by atoms with Gasteiger partial charge in [-0.2, -0.15) is 0 Å². The van der Waals surface area contributed by atoms with Crippen LogP contribution in [-0.2, 0) is 4.79 Å². The summed E-state index contributed by atoms with van der Waals surface area (Å²) in [4.78, 5) is 11.8. The maximum Gasteiger partial charge on any atom is 0.239 e. The molecule has 19 heavy (non-hydrogen) atoms. The van der Waals surface area contributed by atoms with Crippen LogP contribution >= 0.6 is 23.2 Å². The van der Waals surface area contributed by atoms with Crippen molar-refractivity contribution in [3.63, 3.8) is 0 Å². The van der Waals surface area contributed by atoms with Crippen molar-refractivity contribution in [1.29, 1.82) is 0 Å². The normalized spacial score (nSPS) is 16.1. The van der Waals surface area contributed by atoms with E-state index >= 15 is 0 Å². The van der Waals surface area contributed by atoms with Crippen molar-refractivity contribution in [2.24, 2.45) is 0 Å². The minimum atomic E-state index is 0.00272. The van der Waals surface area contributed by atoms with Crippen molar-refractivity contribution >= 4 is 34.8 Å². The Morgan fingerprint density at radius 2 is 1.95 bits per heavy atom. The molecular formula is C14H18Cl2N2O. The minimum Gasteiger partial charge on any atom is -0.375 e. The fraction of sp³-hybridized carbons (Fsp3) is 0.500. The number of rotatable bonds is 4. The van der Waals surface area contributed by atoms with E-state index in [4.69, 9.17) is 23.2 Å². The second-order valence-corrected chi connectivity index (χ2v) is 5.64. The zero-order chi connectivity index (χ0) is 13.7. The molecule has 0 saturated heterocycles. The molecule has 1 aliphatic rings. The van der Waals surface area contributed by atoms with Crippen LogP contribution < -0.4 is 10.6 Å². The first kappa shape index (κ1) is 14.5. The van der Waals surface area contributed by atoms with Gasteiger partial charge in [-0.1, -0.05) is 48.5 Å². The van der Waals surface area contributed by atoms with Gasteiger partial charge >= 0.3 is 0 Å². The van der Waals surface area contributed by atoms with Gasteiger partial charge in [0.15, 0.2) is 0 Å². The highest BCUT2D eigenvalue weighted by atomic mass is 35.5. The van der Waals surface area contributed by atoms with E-state index in [0.717, 1.165) is 12.8 Å². The molecule has 0 spiro atoms. The molecule has 1 aliphatic carbocycles. The van der Waals surface area contributed by atoms with E-state index in [2.05, 4.69) is 10.6 Å². The van der Waals surface area contributed by atoms with Gasteiger partial charge in [0.25, 0.3) is 0 Å². The molecule has 1 saturated carbocycles. The highest BCUT2D eigenvalue weighted by Crippen LogP contribution is 2.29. The number of carbonyl (C=O) groups is 1. The molecule has 104 valence electrons. The van der Waals surface area contributed by atoms with E-state index in [9.17, 15) is 4.79 Å². The Balaban J connectivity index is 1.81. The molecule has 5 heteroatoms. The van der Waals surface area contributed by atoms with Gasteiger partial charge in [-0.3, -0.25) is 4.79 Å². The van der Waals surface area contributed by atoms with Crippen LogP contribution in [0, 0.1) is 0 Å². The zero-order valence-electron chi connectivity index (χ0n) is 10.7. The second kappa shape index (κ2) is 7.01. The number of carbonyl (C=O) groups excluding carboxylic acids is 1. The first-order chi connectivity index (χ1) is 9.16. The summed E-state index contributed by atoms with van der Waals surface area (Å²) in [5.41, 5.74) is 0.688. The molecule has 0 radical (unpaired) electrons. The zero-order valence-corrected chi connectivity index (χ0v) is 12.2. The molecule has 0 aliphatic heterocycles. The molecule has 0 bridgehead atoms. The summed E-state index contributed by atoms with van der Waals surface area (Å²) in [6, 6.07) is 5.66. The number of nitrogens with one attached hydrogen (secondary N) is 2. The van der Waals surface area contributed by atoms with Crippen molar-refractivity contribution in [2.75, 3.05) is 11.9 Å². The fourth-order valence-corrected chi connectivity index (χ4v) is 2.71. The first-order valence-corrected chi connectivity index (χ1v) is 7.39. The second-order valence-electron chi connectivity index (χ2n) is 4.86. The Kier molecular flexibility index (Phi) is 5.34. The fourth-order valence-electron chi connectivity index (χ4n) is 2.34. The van der Waals surface area contributed by atoms with Crippen LogP contribution in [0.3, 0.4) is 0 Å². The molecule has 1 aromatic rings. The Bertz CT molecular complexity index is 445. The number of halogens is 2. The standard InChI is InChI=1S/C14H18Cl2N2O/c15-11-7-4-8-12(14(11)16)17-9-13(19)18-10-5-2-1-3-6-10/h4,7-8,10,17H,1-3,5-6,9H2,(H,18,19). The van der Waals surface area contributed by atoms with Crippen molar-refractivity contribution in [2.45, 2.75) is 38.1 Å². The summed E-state index contributed by atoms with van der Waals surface area (Å²) >= 11 is 12.0. The molecule has 1 amide bonds. The monoisotopic (exact) mass is 300 g/mol. The predicted octanol–water partition coefficient (Wildman–Crippen LogP) is 3.85. The quantitative estimate of drug-likeness (QED) is 0.886. The molecule has 2 N–H and O–H groups in total. The topological polar surface area (TPSA) is 41.1 Å². The largest absolute Gasteiger partial charge is 0.375 e. The molecule has 1 fully saturated rings. The average molecular weight is 301 g/mol. The smallest absolute Gasteiger partial charge is 0.239 e. The molecule has 0 aromatic heterocycles. The maximum atomic E-state index is 11.8. The first-order valence-electron chi connectivity index (χ1n) is 6.64. The van der Waals surface area contributed by atoms with E-state index in [1.54, 1.807) is 12.1 Å². The van der Waals surface area contributed by atoms with Gasteiger partial charge in [0.2, 0.25) is 5.91 Å². The minimum absolute atomic E-state index is 0.00272. The van der Waals surface area contributed by atoms with Crippen LogP contribution in [0.4, 0.5) is 5.69 Å². The van der Waals surface area contributed by atoms with E-state index in [1.165, 1.54) is 19.3 Å². The van der Waals surface area contributed by atoms with Crippen molar-refractivity contribution in [3.05, 3.63) is 28.2 Å². The lowest BCUT2D eigenvalue weighted by Gasteiger charge is -2.23. The van der Waals surface area contributed by atoms with E-state index in [1.807, 2.05) is 6.07 Å². The van der Waals surface area contributed by atoms with Gasteiger partial charge in [-0.25, -0.2) is 0 Å². The highest BCUT2D eigenvalue weighted by molar-refractivity contribution is 6.43. The summed E-state index contributed by atoms with van der Waals surface area (Å²) in [5, 5.41) is 7.00. The van der Waals surface area contributed by atoms with Gasteiger partial charge < -0.3 is 10.6 Å². The third-order valence-electron chi connectivity index (χ3n) is 3.36. The number of hydrogen-bond acceptors (Lipinski definition) is 2. The van der Waals surface area contributed by atoms with Gasteiger partial charge in [0.1, 0.15) is 0 Å². The lowest BCUT2D eigenvalue weighted by molar-refractivity contribution is -0.120. The van der Waals surface area contributed by atoms with E-state index < -0.39 is 0 Å². The molecule has 0 atom stereocenters. The van der Waals surface area contributed by atoms with Crippen molar-refractivity contribution in [3.8, 4) is 0 Å². The molecule has 2 rings (SSSR count). The maximum absolute atomic E-state index is 11.8. The van der Waals surface area contributed by atoms with Gasteiger partial charge in [0.05, 0.1) is 22.3 Å². The molecular weight excluding hydrogens is 283 g/mol. The van der Waals surface area contributed by atoms with Crippen LogP contribution in [0.15, 0.2) is 18.2 Å². The van der Waals surface area contributed by atoms with Gasteiger partial charge in [-0.15, -0.1) is 0 Å².